The summed E-state index contributed by atoms with van der Waals surface area (Å²) < 4.78 is 18.2. The molecule has 0 N–H and O–H groups in total. The second-order valence-corrected chi connectivity index (χ2v) is 34.3. The zero-order chi connectivity index (χ0) is 74.4. The molecular weight excluding hydrogens is 1460 g/mol. The van der Waals surface area contributed by atoms with Crippen LogP contribution in [0.5, 0.6) is 11.5 Å². The average molecular weight is 1520 g/mol. The average Bonchev–Trinajstić information content (AvgIpc) is 0.853. The SMILES string of the molecule is c1ccc(-c2ccccc2N(c2ccccc2)c2cc3c4c(c2)N(c2cccc5sc6ccccc6c25)c2ccccc2B4c2cc4c(cc2O3)N(c2cccc3sc5ccccc5c23)c2cc(N(c3ccccc3)c3cccc5c3sc3ccccc35)cc3c2B4c2ccccc2N3c2cccc3sc4ccccc4c23)cc1. The lowest BCUT2D eigenvalue weighted by atomic mass is 9.30. The van der Waals surface area contributed by atoms with Gasteiger partial charge in [0.05, 0.1) is 44.5 Å². The van der Waals surface area contributed by atoms with E-state index >= 15 is 0 Å². The van der Waals surface area contributed by atoms with E-state index in [9.17, 15) is 0 Å². The number of hydrogen-bond donors (Lipinski definition) is 0. The molecule has 114 heavy (non-hydrogen) atoms. The Morgan fingerprint density at radius 2 is 0.632 bits per heavy atom. The van der Waals surface area contributed by atoms with Crippen LogP contribution in [0.15, 0.2) is 370 Å². The van der Waals surface area contributed by atoms with Gasteiger partial charge in [-0.1, -0.05) is 231 Å². The predicted octanol–water partition coefficient (Wildman–Crippen LogP) is 26.3. The van der Waals surface area contributed by atoms with Crippen molar-refractivity contribution >= 4 is 258 Å². The van der Waals surface area contributed by atoms with Crippen LogP contribution in [0.3, 0.4) is 0 Å². The zero-order valence-electron chi connectivity index (χ0n) is 61.2. The number of anilines is 15. The number of thiophene rings is 4. The van der Waals surface area contributed by atoms with Gasteiger partial charge in [0.2, 0.25) is 0 Å². The summed E-state index contributed by atoms with van der Waals surface area (Å²) >= 11 is 7.47. The fraction of sp³-hybridized carbons (Fsp3) is 0. The molecule has 0 aliphatic carbocycles. The first-order valence-electron chi connectivity index (χ1n) is 38.8. The number of nitrogens with zero attached hydrogens (tertiary/aromatic N) is 5. The fourth-order valence-electron chi connectivity index (χ4n) is 19.4. The molecule has 12 heteroatoms. The molecule has 0 amide bonds. The largest absolute Gasteiger partial charge is 0.458 e. The number of hydrogen-bond acceptors (Lipinski definition) is 10. The summed E-state index contributed by atoms with van der Waals surface area (Å²) in [5.74, 6) is 1.62. The maximum atomic E-state index is 8.20. The van der Waals surface area contributed by atoms with E-state index in [1.807, 2.05) is 45.3 Å². The van der Waals surface area contributed by atoms with Crippen LogP contribution in [0.4, 0.5) is 85.3 Å². The Hall–Kier alpha value is -13.5. The van der Waals surface area contributed by atoms with Gasteiger partial charge in [-0.25, -0.2) is 0 Å². The second-order valence-electron chi connectivity index (χ2n) is 30.0. The van der Waals surface area contributed by atoms with Gasteiger partial charge in [0.15, 0.2) is 0 Å². The summed E-state index contributed by atoms with van der Waals surface area (Å²) in [5, 5.41) is 9.90. The standard InChI is InChI=1S/C102H61B2N5OS4/c1-4-28-62(29-5-1)67-34-10-17-42-77(67)105(63-30-6-2-7-31-63)66-58-87-101-89(59-66)110-88-61-84-75(60-76(88)104(101)74-41-16-19-44-79(74)108(87)81-46-26-54-95-98(81)71-37-13-22-51-92(71)112-95)103-73-40-15-18-43-78(73)107(80-45-25-53-94-97(80)70-36-12-21-50-91(70)111-94)85-56-65(57-86(100(85)103)109(84)82-47-27-55-96-99(82)72-38-14-23-52-93(72)113-96)106(64-32-8-3-9-33-64)83-48-24-39-69-68-35-11-20-49-90(68)114-102(69)83/h1-61H. The summed E-state index contributed by atoms with van der Waals surface area (Å²) in [6.07, 6.45) is 0. The molecule has 0 bridgehead atoms. The van der Waals surface area contributed by atoms with Crippen LogP contribution in [0.1, 0.15) is 0 Å². The third-order valence-electron chi connectivity index (χ3n) is 24.0. The Morgan fingerprint density at radius 1 is 0.237 bits per heavy atom. The normalized spacial score (nSPS) is 13.1. The van der Waals surface area contributed by atoms with Gasteiger partial charge in [-0.2, -0.15) is 0 Å². The topological polar surface area (TPSA) is 25.4 Å². The monoisotopic (exact) mass is 1520 g/mol. The van der Waals surface area contributed by atoms with Crippen LogP contribution in [0.25, 0.3) is 91.8 Å². The Bertz CT molecular complexity index is 7620. The number of ether oxygens (including phenoxy) is 1. The third kappa shape index (κ3) is 9.42. The lowest BCUT2D eigenvalue weighted by Crippen LogP contribution is -2.64. The minimum atomic E-state index is -0.275. The highest BCUT2D eigenvalue weighted by Gasteiger charge is 2.49. The van der Waals surface area contributed by atoms with E-state index in [4.69, 9.17) is 4.74 Å². The van der Waals surface area contributed by atoms with Gasteiger partial charge in [-0.15, -0.1) is 45.3 Å². The van der Waals surface area contributed by atoms with Gasteiger partial charge < -0.3 is 29.2 Å². The van der Waals surface area contributed by atoms with E-state index in [0.29, 0.717) is 0 Å². The van der Waals surface area contributed by atoms with E-state index in [-0.39, 0.29) is 13.4 Å². The molecular formula is C102H61B2N5OS4. The van der Waals surface area contributed by atoms with Crippen molar-refractivity contribution in [3.63, 3.8) is 0 Å². The Balaban J connectivity index is 0.800. The maximum Gasteiger partial charge on any atom is 0.256 e. The van der Waals surface area contributed by atoms with Crippen molar-refractivity contribution in [1.82, 2.24) is 0 Å². The van der Waals surface area contributed by atoms with E-state index < -0.39 is 0 Å². The van der Waals surface area contributed by atoms with E-state index in [2.05, 4.69) is 395 Å². The molecule has 0 atom stereocenters. The number of rotatable bonds is 10. The van der Waals surface area contributed by atoms with Crippen LogP contribution in [-0.4, -0.2) is 13.4 Å². The fourth-order valence-corrected chi connectivity index (χ4v) is 24.0. The molecule has 530 valence electrons. The van der Waals surface area contributed by atoms with E-state index in [0.717, 1.165) is 119 Å². The molecule has 0 spiro atoms. The molecule has 4 aliphatic heterocycles. The Kier molecular flexibility index (Phi) is 14.1. The molecule has 0 saturated carbocycles. The van der Waals surface area contributed by atoms with Crippen LogP contribution in [0, 0.1) is 0 Å². The van der Waals surface area contributed by atoms with Gasteiger partial charge in [0, 0.05) is 139 Å². The highest BCUT2D eigenvalue weighted by molar-refractivity contribution is 7.27. The highest BCUT2D eigenvalue weighted by atomic mass is 32.1. The van der Waals surface area contributed by atoms with E-state index in [1.54, 1.807) is 0 Å². The van der Waals surface area contributed by atoms with Crippen LogP contribution >= 0.6 is 45.3 Å². The zero-order valence-corrected chi connectivity index (χ0v) is 64.4. The lowest BCUT2D eigenvalue weighted by Gasteiger charge is -2.46. The first-order chi connectivity index (χ1) is 56.6. The van der Waals surface area contributed by atoms with Gasteiger partial charge in [-0.05, 0) is 166 Å². The van der Waals surface area contributed by atoms with Crippen LogP contribution < -0.4 is 62.0 Å². The summed E-state index contributed by atoms with van der Waals surface area (Å²) in [5.41, 5.74) is 25.6. The Morgan fingerprint density at radius 3 is 1.19 bits per heavy atom. The van der Waals surface area contributed by atoms with Crippen molar-refractivity contribution in [3.05, 3.63) is 370 Å². The molecule has 17 aromatic carbocycles. The molecule has 0 unspecified atom stereocenters. The molecule has 0 radical (unpaired) electrons. The summed E-state index contributed by atoms with van der Waals surface area (Å²) in [6.45, 7) is -0.546. The van der Waals surface area contributed by atoms with Gasteiger partial charge in [0.25, 0.3) is 13.4 Å². The minimum Gasteiger partial charge on any atom is -0.458 e. The summed E-state index contributed by atoms with van der Waals surface area (Å²) in [6, 6.07) is 139. The molecule has 4 aliphatic rings. The van der Waals surface area contributed by atoms with Gasteiger partial charge in [-0.3, -0.25) is 0 Å². The van der Waals surface area contributed by atoms with Crippen LogP contribution in [-0.2, 0) is 0 Å². The van der Waals surface area contributed by atoms with Crippen molar-refractivity contribution in [2.24, 2.45) is 0 Å². The quantitative estimate of drug-likeness (QED) is 0.127. The molecule has 0 fully saturated rings. The number of benzene rings is 17. The summed E-state index contributed by atoms with van der Waals surface area (Å²) in [4.78, 5) is 12.9. The smallest absolute Gasteiger partial charge is 0.256 e. The van der Waals surface area contributed by atoms with Crippen molar-refractivity contribution in [2.45, 2.75) is 0 Å². The first-order valence-corrected chi connectivity index (χ1v) is 42.1. The Labute approximate surface area is 674 Å². The molecule has 0 saturated heterocycles. The molecule has 6 nitrogen and oxygen atoms in total. The van der Waals surface area contributed by atoms with Gasteiger partial charge in [0.1, 0.15) is 11.5 Å². The number of fused-ring (bicyclic) bond motifs is 20. The highest BCUT2D eigenvalue weighted by Crippen LogP contribution is 2.57. The van der Waals surface area contributed by atoms with Gasteiger partial charge >= 0.3 is 0 Å². The summed E-state index contributed by atoms with van der Waals surface area (Å²) in [7, 11) is 0. The van der Waals surface area contributed by atoms with E-state index in [1.165, 1.54) is 103 Å². The lowest BCUT2D eigenvalue weighted by molar-refractivity contribution is 0.488. The minimum absolute atomic E-state index is 0.270. The molecule has 8 heterocycles. The first kappa shape index (κ1) is 64.2. The molecule has 4 aromatic heterocycles. The van der Waals surface area contributed by atoms with Crippen molar-refractivity contribution in [2.75, 3.05) is 24.5 Å². The number of para-hydroxylation sites is 5. The van der Waals surface area contributed by atoms with Crippen LogP contribution in [0.2, 0.25) is 0 Å². The maximum absolute atomic E-state index is 8.20. The second kappa shape index (κ2) is 25.0. The van der Waals surface area contributed by atoms with Crippen molar-refractivity contribution in [3.8, 4) is 22.6 Å². The third-order valence-corrected chi connectivity index (χ3v) is 28.6. The van der Waals surface area contributed by atoms with Crippen molar-refractivity contribution < 1.29 is 4.74 Å². The predicted molar refractivity (Wildman–Crippen MR) is 493 cm³/mol. The molecule has 21 aromatic rings. The molecule has 25 rings (SSSR count). The van der Waals surface area contributed by atoms with Crippen molar-refractivity contribution in [1.29, 1.82) is 0 Å².